The molecule has 6 nitrogen and oxygen atoms in total. The zero-order chi connectivity index (χ0) is 13.0. The Balaban J connectivity index is 2.16. The Labute approximate surface area is 105 Å². The van der Waals surface area contributed by atoms with Gasteiger partial charge in [-0.2, -0.15) is 0 Å². The fourth-order valence-electron chi connectivity index (χ4n) is 1.93. The largest absolute Gasteiger partial charge is 0.479 e. The number of benzene rings is 1. The maximum Gasteiger partial charge on any atom is 0.267 e. The summed E-state index contributed by atoms with van der Waals surface area (Å²) in [5, 5.41) is 3.47. The first-order valence-corrected chi connectivity index (χ1v) is 5.82. The number of para-hydroxylation sites is 2. The van der Waals surface area contributed by atoms with Crippen LogP contribution in [0.3, 0.4) is 0 Å². The molecule has 0 aromatic heterocycles. The molecule has 1 aliphatic rings. The van der Waals surface area contributed by atoms with E-state index in [1.807, 2.05) is 24.3 Å². The lowest BCUT2D eigenvalue weighted by Crippen LogP contribution is -2.45. The van der Waals surface area contributed by atoms with E-state index in [4.69, 9.17) is 10.3 Å². The summed E-state index contributed by atoms with van der Waals surface area (Å²) in [6.45, 7) is 2.65. The van der Waals surface area contributed by atoms with Crippen molar-refractivity contribution in [3.63, 3.8) is 0 Å². The van der Waals surface area contributed by atoms with Gasteiger partial charge in [-0.15, -0.1) is 0 Å². The first-order valence-electron chi connectivity index (χ1n) is 5.82. The molecule has 1 amide bonds. The SMILES string of the molecule is CC1Oc2ccccc2N(CCCN=[N+]=[N-])C1=O. The molecule has 1 aliphatic heterocycles. The highest BCUT2D eigenvalue weighted by Crippen LogP contribution is 2.33. The molecule has 94 valence electrons. The van der Waals surface area contributed by atoms with Crippen LogP contribution in [0.2, 0.25) is 0 Å². The summed E-state index contributed by atoms with van der Waals surface area (Å²) in [4.78, 5) is 16.4. The molecule has 1 atom stereocenters. The number of rotatable bonds is 4. The van der Waals surface area contributed by atoms with E-state index in [9.17, 15) is 4.79 Å². The van der Waals surface area contributed by atoms with E-state index >= 15 is 0 Å². The maximum atomic E-state index is 12.0. The second kappa shape index (κ2) is 5.42. The topological polar surface area (TPSA) is 78.3 Å². The van der Waals surface area contributed by atoms with Crippen molar-refractivity contribution in [3.05, 3.63) is 34.7 Å². The van der Waals surface area contributed by atoms with Crippen LogP contribution in [0.5, 0.6) is 5.75 Å². The van der Waals surface area contributed by atoms with Crippen LogP contribution in [0.25, 0.3) is 10.4 Å². The second-order valence-electron chi connectivity index (χ2n) is 4.03. The Kier molecular flexibility index (Phi) is 3.69. The van der Waals surface area contributed by atoms with E-state index in [-0.39, 0.29) is 5.91 Å². The molecule has 18 heavy (non-hydrogen) atoms. The summed E-state index contributed by atoms with van der Waals surface area (Å²) in [5.74, 6) is 0.656. The molecule has 1 aromatic carbocycles. The first-order chi connectivity index (χ1) is 8.74. The quantitative estimate of drug-likeness (QED) is 0.354. The minimum absolute atomic E-state index is 0.0605. The molecule has 0 spiro atoms. The van der Waals surface area contributed by atoms with Crippen molar-refractivity contribution in [2.75, 3.05) is 18.0 Å². The molecule has 0 saturated heterocycles. The van der Waals surface area contributed by atoms with Gasteiger partial charge in [-0.25, -0.2) is 0 Å². The number of carbonyl (C=O) groups is 1. The van der Waals surface area contributed by atoms with E-state index in [1.165, 1.54) is 0 Å². The number of carbonyl (C=O) groups excluding carboxylic acids is 1. The normalized spacial score (nSPS) is 17.7. The van der Waals surface area contributed by atoms with Crippen LogP contribution < -0.4 is 9.64 Å². The number of amides is 1. The highest BCUT2D eigenvalue weighted by Gasteiger charge is 2.30. The van der Waals surface area contributed by atoms with Gasteiger partial charge in [0.2, 0.25) is 0 Å². The van der Waals surface area contributed by atoms with Crippen molar-refractivity contribution in [2.24, 2.45) is 5.11 Å². The molecular formula is C12H14N4O2. The van der Waals surface area contributed by atoms with Crippen LogP contribution in [0.4, 0.5) is 5.69 Å². The summed E-state index contributed by atoms with van der Waals surface area (Å²) in [6.07, 6.45) is 0.163. The van der Waals surface area contributed by atoms with Gasteiger partial charge in [-0.05, 0) is 31.0 Å². The van der Waals surface area contributed by atoms with Crippen LogP contribution in [-0.4, -0.2) is 25.1 Å². The van der Waals surface area contributed by atoms with Gasteiger partial charge in [0.15, 0.2) is 6.10 Å². The van der Waals surface area contributed by atoms with Crippen LogP contribution in [-0.2, 0) is 4.79 Å². The molecule has 0 radical (unpaired) electrons. The number of hydrogen-bond donors (Lipinski definition) is 0. The lowest BCUT2D eigenvalue weighted by molar-refractivity contribution is -0.125. The van der Waals surface area contributed by atoms with Gasteiger partial charge in [0.1, 0.15) is 5.75 Å². The molecule has 1 unspecified atom stereocenters. The van der Waals surface area contributed by atoms with Crippen LogP contribution in [0.15, 0.2) is 29.4 Å². The lowest BCUT2D eigenvalue weighted by Gasteiger charge is -2.32. The predicted molar refractivity (Wildman–Crippen MR) is 67.5 cm³/mol. The lowest BCUT2D eigenvalue weighted by atomic mass is 10.2. The van der Waals surface area contributed by atoms with Gasteiger partial charge >= 0.3 is 0 Å². The molecule has 0 N–H and O–H groups in total. The Morgan fingerprint density at radius 1 is 1.50 bits per heavy atom. The number of anilines is 1. The Bertz CT molecular complexity index is 497. The van der Waals surface area contributed by atoms with Crippen LogP contribution in [0, 0.1) is 0 Å². The first kappa shape index (κ1) is 12.3. The number of hydrogen-bond acceptors (Lipinski definition) is 3. The summed E-state index contributed by atoms with van der Waals surface area (Å²) < 4.78 is 5.53. The van der Waals surface area contributed by atoms with Crippen molar-refractivity contribution >= 4 is 11.6 Å². The number of fused-ring (bicyclic) bond motifs is 1. The summed E-state index contributed by atoms with van der Waals surface area (Å²) in [7, 11) is 0. The highest BCUT2D eigenvalue weighted by molar-refractivity contribution is 5.99. The fraction of sp³-hybridized carbons (Fsp3) is 0.417. The minimum atomic E-state index is -0.473. The summed E-state index contributed by atoms with van der Waals surface area (Å²) in [6, 6.07) is 7.44. The molecule has 0 saturated carbocycles. The average Bonchev–Trinajstić information content (AvgIpc) is 2.38. The molecule has 0 fully saturated rings. The zero-order valence-corrected chi connectivity index (χ0v) is 10.1. The van der Waals surface area contributed by atoms with E-state index < -0.39 is 6.10 Å². The fourth-order valence-corrected chi connectivity index (χ4v) is 1.93. The summed E-state index contributed by atoms with van der Waals surface area (Å²) >= 11 is 0. The van der Waals surface area contributed by atoms with E-state index in [0.717, 1.165) is 5.69 Å². The smallest absolute Gasteiger partial charge is 0.267 e. The average molecular weight is 246 g/mol. The third kappa shape index (κ3) is 2.38. The highest BCUT2D eigenvalue weighted by atomic mass is 16.5. The third-order valence-corrected chi connectivity index (χ3v) is 2.78. The summed E-state index contributed by atoms with van der Waals surface area (Å²) in [5.41, 5.74) is 8.99. The maximum absolute atomic E-state index is 12.0. The van der Waals surface area contributed by atoms with Crippen molar-refractivity contribution in [1.29, 1.82) is 0 Å². The van der Waals surface area contributed by atoms with E-state index in [1.54, 1.807) is 11.8 Å². The van der Waals surface area contributed by atoms with Crippen molar-refractivity contribution in [1.82, 2.24) is 0 Å². The third-order valence-electron chi connectivity index (χ3n) is 2.78. The second-order valence-corrected chi connectivity index (χ2v) is 4.03. The monoisotopic (exact) mass is 246 g/mol. The van der Waals surface area contributed by atoms with Gasteiger partial charge in [0.25, 0.3) is 5.91 Å². The molecule has 2 rings (SSSR count). The minimum Gasteiger partial charge on any atom is -0.479 e. The number of ether oxygens (including phenoxy) is 1. The Hall–Kier alpha value is -2.20. The van der Waals surface area contributed by atoms with Crippen molar-refractivity contribution in [3.8, 4) is 5.75 Å². The zero-order valence-electron chi connectivity index (χ0n) is 10.1. The molecule has 0 aliphatic carbocycles. The molecular weight excluding hydrogens is 232 g/mol. The van der Waals surface area contributed by atoms with Crippen LogP contribution in [0.1, 0.15) is 13.3 Å². The Morgan fingerprint density at radius 3 is 3.06 bits per heavy atom. The number of nitrogens with zero attached hydrogens (tertiary/aromatic N) is 4. The van der Waals surface area contributed by atoms with Gasteiger partial charge < -0.3 is 9.64 Å². The molecule has 1 heterocycles. The number of azide groups is 1. The van der Waals surface area contributed by atoms with Crippen molar-refractivity contribution < 1.29 is 9.53 Å². The predicted octanol–water partition coefficient (Wildman–Crippen LogP) is 2.50. The van der Waals surface area contributed by atoms with Gasteiger partial charge in [0.05, 0.1) is 5.69 Å². The molecule has 6 heteroatoms. The van der Waals surface area contributed by atoms with E-state index in [0.29, 0.717) is 25.3 Å². The molecule has 1 aromatic rings. The molecule has 0 bridgehead atoms. The van der Waals surface area contributed by atoms with Crippen LogP contribution >= 0.6 is 0 Å². The Morgan fingerprint density at radius 2 is 2.28 bits per heavy atom. The van der Waals surface area contributed by atoms with E-state index in [2.05, 4.69) is 10.0 Å². The van der Waals surface area contributed by atoms with Gasteiger partial charge in [-0.3, -0.25) is 4.79 Å². The van der Waals surface area contributed by atoms with Crippen molar-refractivity contribution in [2.45, 2.75) is 19.4 Å². The van der Waals surface area contributed by atoms with Gasteiger partial charge in [-0.1, -0.05) is 17.2 Å². The standard InChI is InChI=1S/C12H14N4O2/c1-9-12(17)16(8-4-7-14-15-13)10-5-2-3-6-11(10)18-9/h2-3,5-6,9H,4,7-8H2,1H3. The van der Waals surface area contributed by atoms with Gasteiger partial charge in [0, 0.05) is 18.0 Å².